The smallest absolute Gasteiger partial charge is 0.221 e. The zero-order valence-electron chi connectivity index (χ0n) is 9.05. The van der Waals surface area contributed by atoms with Gasteiger partial charge in [-0.05, 0) is 17.6 Å². The van der Waals surface area contributed by atoms with Crippen LogP contribution in [0.2, 0.25) is 6.82 Å². The molecule has 0 spiro atoms. The Morgan fingerprint density at radius 1 is 1.25 bits per heavy atom. The number of rotatable bonds is 3. The third kappa shape index (κ3) is 2.31. The fraction of sp³-hybridized carbons (Fsp3) is 0.0909. The lowest BCUT2D eigenvalue weighted by Gasteiger charge is -2.07. The molecule has 0 saturated heterocycles. The summed E-state index contributed by atoms with van der Waals surface area (Å²) in [6.07, 6.45) is 3.26. The number of aromatic nitrogens is 2. The number of nitrogens with zero attached hydrogens (tertiary/aromatic N) is 2. The summed E-state index contributed by atoms with van der Waals surface area (Å²) in [5, 5.41) is 0. The molecular formula is C11H12BN3O. The van der Waals surface area contributed by atoms with Crippen LogP contribution in [-0.4, -0.2) is 17.2 Å². The fourth-order valence-electron chi connectivity index (χ4n) is 1.34. The van der Waals surface area contributed by atoms with E-state index in [9.17, 15) is 0 Å². The van der Waals surface area contributed by atoms with Gasteiger partial charge in [-0.15, -0.1) is 0 Å². The summed E-state index contributed by atoms with van der Waals surface area (Å²) < 4.78 is 5.58. The summed E-state index contributed by atoms with van der Waals surface area (Å²) in [5.41, 5.74) is 7.21. The number of hydrogen-bond donors (Lipinski definition) is 1. The normalized spacial score (nSPS) is 9.81. The van der Waals surface area contributed by atoms with E-state index in [0.717, 1.165) is 12.7 Å². The minimum absolute atomic E-state index is 0.502. The molecule has 5 heteroatoms. The van der Waals surface area contributed by atoms with Crippen LogP contribution in [-0.2, 0) is 0 Å². The number of hydrogen-bond acceptors (Lipinski definition) is 4. The van der Waals surface area contributed by atoms with Crippen molar-refractivity contribution in [3.8, 4) is 11.8 Å². The predicted molar refractivity (Wildman–Crippen MR) is 65.6 cm³/mol. The Kier molecular flexibility index (Phi) is 3.05. The molecule has 0 unspecified atom stereocenters. The second-order valence-electron chi connectivity index (χ2n) is 3.35. The quantitative estimate of drug-likeness (QED) is 0.771. The molecule has 0 aliphatic carbocycles. The molecule has 0 bridgehead atoms. The van der Waals surface area contributed by atoms with Crippen LogP contribution in [0.4, 0.5) is 5.69 Å². The first-order chi connectivity index (χ1) is 7.79. The molecule has 0 atom stereocenters. The molecule has 2 aromatic heterocycles. The predicted octanol–water partition coefficient (Wildman–Crippen LogP) is 0.961. The molecule has 2 N–H and O–H groups in total. The first kappa shape index (κ1) is 10.5. The third-order valence-electron chi connectivity index (χ3n) is 2.19. The summed E-state index contributed by atoms with van der Waals surface area (Å²) in [7, 11) is 0.873. The molecule has 0 aliphatic heterocycles. The van der Waals surface area contributed by atoms with Crippen LogP contribution >= 0.6 is 0 Å². The molecular weight excluding hydrogens is 201 g/mol. The Hall–Kier alpha value is -2.04. The number of nitrogens with two attached hydrogens (primary N) is 1. The molecule has 0 aliphatic rings. The summed E-state index contributed by atoms with van der Waals surface area (Å²) in [5.74, 6) is 1.10. The molecule has 16 heavy (non-hydrogen) atoms. The molecule has 0 saturated carbocycles. The minimum Gasteiger partial charge on any atom is -0.421 e. The van der Waals surface area contributed by atoms with E-state index >= 15 is 0 Å². The van der Waals surface area contributed by atoms with Gasteiger partial charge in [-0.25, -0.2) is 9.97 Å². The molecule has 2 rings (SSSR count). The van der Waals surface area contributed by atoms with Gasteiger partial charge in [-0.1, -0.05) is 12.9 Å². The van der Waals surface area contributed by atoms with Gasteiger partial charge in [-0.3, -0.25) is 0 Å². The SMILES string of the molecule is CBc1cccnc1Oc1ccc(N)cn1. The lowest BCUT2D eigenvalue weighted by atomic mass is 9.74. The van der Waals surface area contributed by atoms with Crippen molar-refractivity contribution in [1.82, 2.24) is 9.97 Å². The first-order valence-electron chi connectivity index (χ1n) is 5.13. The van der Waals surface area contributed by atoms with Crippen LogP contribution < -0.4 is 15.9 Å². The largest absolute Gasteiger partial charge is 0.421 e. The van der Waals surface area contributed by atoms with Crippen molar-refractivity contribution in [3.05, 3.63) is 36.7 Å². The van der Waals surface area contributed by atoms with E-state index in [2.05, 4.69) is 16.8 Å². The van der Waals surface area contributed by atoms with Crippen molar-refractivity contribution in [2.24, 2.45) is 0 Å². The van der Waals surface area contributed by atoms with Crippen molar-refractivity contribution < 1.29 is 4.74 Å². The number of nitrogen functional groups attached to an aromatic ring is 1. The molecule has 2 aromatic rings. The van der Waals surface area contributed by atoms with Crippen molar-refractivity contribution in [1.29, 1.82) is 0 Å². The summed E-state index contributed by atoms with van der Waals surface area (Å²) in [4.78, 5) is 8.24. The minimum atomic E-state index is 0.502. The van der Waals surface area contributed by atoms with Crippen LogP contribution in [0.15, 0.2) is 36.7 Å². The standard InChI is InChI=1S/C11H12BN3O/c1-12-9-3-2-6-14-11(9)16-10-5-4-8(13)7-15-10/h2-7,12H,13H2,1H3. The van der Waals surface area contributed by atoms with Gasteiger partial charge in [0.25, 0.3) is 0 Å². The molecule has 0 aromatic carbocycles. The van der Waals surface area contributed by atoms with Crippen LogP contribution in [0.3, 0.4) is 0 Å². The Balaban J connectivity index is 2.23. The zero-order chi connectivity index (χ0) is 11.4. The van der Waals surface area contributed by atoms with Crippen molar-refractivity contribution in [3.63, 3.8) is 0 Å². The number of pyridine rings is 2. The first-order valence-corrected chi connectivity index (χ1v) is 5.13. The van der Waals surface area contributed by atoms with Crippen LogP contribution in [0.5, 0.6) is 11.8 Å². The third-order valence-corrected chi connectivity index (χ3v) is 2.19. The maximum Gasteiger partial charge on any atom is 0.221 e. The molecule has 0 radical (unpaired) electrons. The molecule has 0 amide bonds. The lowest BCUT2D eigenvalue weighted by molar-refractivity contribution is 0.449. The van der Waals surface area contributed by atoms with Gasteiger partial charge in [0.1, 0.15) is 0 Å². The topological polar surface area (TPSA) is 61.0 Å². The zero-order valence-corrected chi connectivity index (χ0v) is 9.05. The van der Waals surface area contributed by atoms with Crippen LogP contribution in [0, 0.1) is 0 Å². The van der Waals surface area contributed by atoms with Gasteiger partial charge in [0, 0.05) is 12.3 Å². The van der Waals surface area contributed by atoms with Gasteiger partial charge < -0.3 is 10.5 Å². The highest BCUT2D eigenvalue weighted by molar-refractivity contribution is 6.53. The monoisotopic (exact) mass is 213 g/mol. The van der Waals surface area contributed by atoms with Crippen LogP contribution in [0.1, 0.15) is 0 Å². The maximum atomic E-state index is 5.58. The highest BCUT2D eigenvalue weighted by atomic mass is 16.5. The summed E-state index contributed by atoms with van der Waals surface area (Å²) in [6.45, 7) is 2.06. The average Bonchev–Trinajstić information content (AvgIpc) is 2.33. The van der Waals surface area contributed by atoms with Gasteiger partial charge in [0.15, 0.2) is 7.28 Å². The van der Waals surface area contributed by atoms with Gasteiger partial charge in [0.2, 0.25) is 11.8 Å². The van der Waals surface area contributed by atoms with E-state index in [0.29, 0.717) is 17.4 Å². The highest BCUT2D eigenvalue weighted by Gasteiger charge is 2.04. The van der Waals surface area contributed by atoms with Crippen molar-refractivity contribution in [2.75, 3.05) is 5.73 Å². The van der Waals surface area contributed by atoms with E-state index in [-0.39, 0.29) is 0 Å². The summed E-state index contributed by atoms with van der Waals surface area (Å²) in [6, 6.07) is 7.35. The van der Waals surface area contributed by atoms with Crippen LogP contribution in [0.25, 0.3) is 0 Å². The van der Waals surface area contributed by atoms with E-state index < -0.39 is 0 Å². The van der Waals surface area contributed by atoms with Crippen molar-refractivity contribution in [2.45, 2.75) is 6.82 Å². The highest BCUT2D eigenvalue weighted by Crippen LogP contribution is 2.15. The number of ether oxygens (including phenoxy) is 1. The lowest BCUT2D eigenvalue weighted by Crippen LogP contribution is -2.14. The Morgan fingerprint density at radius 3 is 2.81 bits per heavy atom. The Bertz CT molecular complexity index is 473. The second-order valence-corrected chi connectivity index (χ2v) is 3.35. The molecule has 4 nitrogen and oxygen atoms in total. The van der Waals surface area contributed by atoms with Gasteiger partial charge in [-0.2, -0.15) is 0 Å². The maximum absolute atomic E-state index is 5.58. The van der Waals surface area contributed by atoms with E-state index in [1.807, 2.05) is 12.1 Å². The molecule has 2 heterocycles. The van der Waals surface area contributed by atoms with Crippen molar-refractivity contribution >= 4 is 18.4 Å². The van der Waals surface area contributed by atoms with E-state index in [1.54, 1.807) is 24.5 Å². The Morgan fingerprint density at radius 2 is 2.12 bits per heavy atom. The van der Waals surface area contributed by atoms with Gasteiger partial charge >= 0.3 is 0 Å². The Labute approximate surface area is 94.7 Å². The second kappa shape index (κ2) is 4.66. The molecule has 0 fully saturated rings. The molecule has 80 valence electrons. The van der Waals surface area contributed by atoms with E-state index in [4.69, 9.17) is 10.5 Å². The van der Waals surface area contributed by atoms with E-state index in [1.165, 1.54) is 0 Å². The van der Waals surface area contributed by atoms with Gasteiger partial charge in [0.05, 0.1) is 11.9 Å². The summed E-state index contributed by atoms with van der Waals surface area (Å²) >= 11 is 0. The fourth-order valence-corrected chi connectivity index (χ4v) is 1.34. The number of anilines is 1. The average molecular weight is 213 g/mol.